The SMILES string of the molecule is C[C@H](NC(=O)OC(C)(C)C)C(=O)N(C)OCC1CCCC1. The van der Waals surface area contributed by atoms with Crippen molar-refractivity contribution in [2.75, 3.05) is 13.7 Å². The van der Waals surface area contributed by atoms with Crippen LogP contribution in [0.2, 0.25) is 0 Å². The van der Waals surface area contributed by atoms with E-state index in [2.05, 4.69) is 5.32 Å². The van der Waals surface area contributed by atoms with E-state index in [0.717, 1.165) is 12.8 Å². The number of hydrogen-bond acceptors (Lipinski definition) is 4. The Morgan fingerprint density at radius 3 is 2.38 bits per heavy atom. The molecule has 0 aromatic rings. The van der Waals surface area contributed by atoms with E-state index in [0.29, 0.717) is 12.5 Å². The first-order valence-electron chi connectivity index (χ1n) is 7.59. The summed E-state index contributed by atoms with van der Waals surface area (Å²) in [7, 11) is 1.57. The van der Waals surface area contributed by atoms with Gasteiger partial charge in [-0.2, -0.15) is 0 Å². The Bertz CT molecular complexity index is 359. The van der Waals surface area contributed by atoms with Crippen molar-refractivity contribution in [2.24, 2.45) is 5.92 Å². The van der Waals surface area contributed by atoms with Gasteiger partial charge in [-0.3, -0.25) is 9.63 Å². The molecule has 1 saturated carbocycles. The third kappa shape index (κ3) is 6.80. The van der Waals surface area contributed by atoms with Crippen LogP contribution in [0.1, 0.15) is 53.4 Å². The number of likely N-dealkylation sites (N-methyl/N-ethyl adjacent to an activating group) is 1. The molecule has 1 N–H and O–H groups in total. The predicted molar refractivity (Wildman–Crippen MR) is 79.5 cm³/mol. The Hall–Kier alpha value is -1.30. The fourth-order valence-electron chi connectivity index (χ4n) is 2.28. The van der Waals surface area contributed by atoms with Gasteiger partial charge in [-0.1, -0.05) is 12.8 Å². The van der Waals surface area contributed by atoms with Gasteiger partial charge in [0, 0.05) is 7.05 Å². The summed E-state index contributed by atoms with van der Waals surface area (Å²) in [5.74, 6) is 0.244. The summed E-state index contributed by atoms with van der Waals surface area (Å²) in [4.78, 5) is 29.2. The quantitative estimate of drug-likeness (QED) is 0.792. The molecule has 0 spiro atoms. The lowest BCUT2D eigenvalue weighted by molar-refractivity contribution is -0.184. The van der Waals surface area contributed by atoms with Gasteiger partial charge in [0.2, 0.25) is 0 Å². The Kier molecular flexibility index (Phi) is 6.45. The number of hydroxylamine groups is 2. The number of ether oxygens (including phenoxy) is 1. The van der Waals surface area contributed by atoms with Crippen LogP contribution in [0.5, 0.6) is 0 Å². The molecule has 6 nitrogen and oxygen atoms in total. The van der Waals surface area contributed by atoms with Crippen LogP contribution in [0, 0.1) is 5.92 Å². The molecule has 122 valence electrons. The second-order valence-electron chi connectivity index (χ2n) is 6.65. The molecule has 1 aliphatic carbocycles. The molecule has 21 heavy (non-hydrogen) atoms. The molecular weight excluding hydrogens is 272 g/mol. The minimum absolute atomic E-state index is 0.293. The van der Waals surface area contributed by atoms with Gasteiger partial charge in [0.1, 0.15) is 11.6 Å². The van der Waals surface area contributed by atoms with Crippen molar-refractivity contribution < 1.29 is 19.2 Å². The summed E-state index contributed by atoms with van der Waals surface area (Å²) in [5.41, 5.74) is -0.586. The Balaban J connectivity index is 2.32. The Morgan fingerprint density at radius 2 is 1.86 bits per heavy atom. The summed E-state index contributed by atoms with van der Waals surface area (Å²) in [6.07, 6.45) is 4.19. The minimum Gasteiger partial charge on any atom is -0.444 e. The van der Waals surface area contributed by atoms with Crippen LogP contribution in [0.4, 0.5) is 4.79 Å². The maximum atomic E-state index is 12.1. The fraction of sp³-hybridized carbons (Fsp3) is 0.867. The highest BCUT2D eigenvalue weighted by Gasteiger charge is 2.24. The van der Waals surface area contributed by atoms with E-state index in [1.54, 1.807) is 34.7 Å². The van der Waals surface area contributed by atoms with Gasteiger partial charge in [0.15, 0.2) is 0 Å². The molecule has 0 unspecified atom stereocenters. The first-order chi connectivity index (χ1) is 9.69. The average Bonchev–Trinajstić information content (AvgIpc) is 2.85. The van der Waals surface area contributed by atoms with Gasteiger partial charge in [-0.25, -0.2) is 9.86 Å². The largest absolute Gasteiger partial charge is 0.444 e. The third-order valence-electron chi connectivity index (χ3n) is 3.39. The molecule has 0 saturated heterocycles. The van der Waals surface area contributed by atoms with Gasteiger partial charge < -0.3 is 10.1 Å². The van der Waals surface area contributed by atoms with Crippen molar-refractivity contribution in [1.82, 2.24) is 10.4 Å². The summed E-state index contributed by atoms with van der Waals surface area (Å²) >= 11 is 0. The first kappa shape index (κ1) is 17.8. The lowest BCUT2D eigenvalue weighted by Crippen LogP contribution is -2.47. The molecule has 0 bridgehead atoms. The highest BCUT2D eigenvalue weighted by molar-refractivity contribution is 5.84. The van der Waals surface area contributed by atoms with Crippen molar-refractivity contribution in [3.63, 3.8) is 0 Å². The van der Waals surface area contributed by atoms with E-state index in [4.69, 9.17) is 9.57 Å². The number of carbonyl (C=O) groups excluding carboxylic acids is 2. The summed E-state index contributed by atoms with van der Waals surface area (Å²) in [6.45, 7) is 7.49. The van der Waals surface area contributed by atoms with Crippen LogP contribution >= 0.6 is 0 Å². The molecule has 0 aromatic heterocycles. The van der Waals surface area contributed by atoms with E-state index < -0.39 is 17.7 Å². The highest BCUT2D eigenvalue weighted by Crippen LogP contribution is 2.24. The van der Waals surface area contributed by atoms with Gasteiger partial charge in [-0.15, -0.1) is 0 Å². The zero-order chi connectivity index (χ0) is 16.0. The monoisotopic (exact) mass is 300 g/mol. The molecule has 2 amide bonds. The Morgan fingerprint density at radius 1 is 1.29 bits per heavy atom. The number of alkyl carbamates (subject to hydrolysis) is 1. The standard InChI is InChI=1S/C15H28N2O4/c1-11(16-14(19)21-15(2,3)4)13(18)17(5)20-10-12-8-6-7-9-12/h11-12H,6-10H2,1-5H3,(H,16,19)/t11-/m0/s1. The molecule has 6 heteroatoms. The van der Waals surface area contributed by atoms with E-state index in [1.807, 2.05) is 0 Å². The van der Waals surface area contributed by atoms with Gasteiger partial charge in [-0.05, 0) is 46.5 Å². The second kappa shape index (κ2) is 7.64. The number of nitrogens with zero attached hydrogens (tertiary/aromatic N) is 1. The molecule has 0 aliphatic heterocycles. The molecule has 1 atom stereocenters. The van der Waals surface area contributed by atoms with E-state index in [1.165, 1.54) is 17.9 Å². The lowest BCUT2D eigenvalue weighted by atomic mass is 10.1. The molecule has 1 rings (SSSR count). The third-order valence-corrected chi connectivity index (χ3v) is 3.39. The predicted octanol–water partition coefficient (Wildman–Crippen LogP) is 2.48. The van der Waals surface area contributed by atoms with Crippen molar-refractivity contribution in [2.45, 2.75) is 65.0 Å². The molecule has 0 aromatic carbocycles. The normalized spacial score (nSPS) is 17.4. The van der Waals surface area contributed by atoms with Crippen LogP contribution in [0.25, 0.3) is 0 Å². The number of carbonyl (C=O) groups is 2. The summed E-state index contributed by atoms with van der Waals surface area (Å²) in [5, 5.41) is 3.72. The first-order valence-corrected chi connectivity index (χ1v) is 7.59. The molecular formula is C15H28N2O4. The van der Waals surface area contributed by atoms with Crippen molar-refractivity contribution in [1.29, 1.82) is 0 Å². The minimum atomic E-state index is -0.687. The van der Waals surface area contributed by atoms with E-state index in [-0.39, 0.29) is 5.91 Å². The highest BCUT2D eigenvalue weighted by atomic mass is 16.7. The fourth-order valence-corrected chi connectivity index (χ4v) is 2.28. The van der Waals surface area contributed by atoms with Crippen molar-refractivity contribution >= 4 is 12.0 Å². The molecule has 1 fully saturated rings. The van der Waals surface area contributed by atoms with E-state index in [9.17, 15) is 9.59 Å². The van der Waals surface area contributed by atoms with Gasteiger partial charge in [0.05, 0.1) is 6.61 Å². The van der Waals surface area contributed by atoms with Gasteiger partial charge >= 0.3 is 6.09 Å². The average molecular weight is 300 g/mol. The molecule has 0 radical (unpaired) electrons. The lowest BCUT2D eigenvalue weighted by Gasteiger charge is -2.24. The van der Waals surface area contributed by atoms with Crippen LogP contribution in [0.3, 0.4) is 0 Å². The zero-order valence-electron chi connectivity index (χ0n) is 13.8. The van der Waals surface area contributed by atoms with Crippen molar-refractivity contribution in [3.8, 4) is 0 Å². The maximum absolute atomic E-state index is 12.1. The van der Waals surface area contributed by atoms with Gasteiger partial charge in [0.25, 0.3) is 5.91 Å². The number of rotatable bonds is 5. The second-order valence-corrected chi connectivity index (χ2v) is 6.65. The van der Waals surface area contributed by atoms with Crippen LogP contribution < -0.4 is 5.32 Å². The smallest absolute Gasteiger partial charge is 0.408 e. The van der Waals surface area contributed by atoms with Crippen LogP contribution in [-0.2, 0) is 14.4 Å². The molecule has 0 heterocycles. The van der Waals surface area contributed by atoms with Crippen molar-refractivity contribution in [3.05, 3.63) is 0 Å². The number of amides is 2. The number of nitrogens with one attached hydrogen (secondary N) is 1. The Labute approximate surface area is 127 Å². The maximum Gasteiger partial charge on any atom is 0.408 e. The van der Waals surface area contributed by atoms with Crippen LogP contribution in [-0.4, -0.2) is 42.4 Å². The number of hydrogen-bond donors (Lipinski definition) is 1. The van der Waals surface area contributed by atoms with Crippen LogP contribution in [0.15, 0.2) is 0 Å². The van der Waals surface area contributed by atoms with E-state index >= 15 is 0 Å². The summed E-state index contributed by atoms with van der Waals surface area (Å²) < 4.78 is 5.12. The summed E-state index contributed by atoms with van der Waals surface area (Å²) in [6, 6.07) is -0.687. The zero-order valence-corrected chi connectivity index (χ0v) is 13.8. The molecule has 1 aliphatic rings. The topological polar surface area (TPSA) is 67.9 Å².